The number of anilines is 1. The van der Waals surface area contributed by atoms with Crippen LogP contribution in [0.15, 0.2) is 36.4 Å². The van der Waals surface area contributed by atoms with Crippen LogP contribution in [0.5, 0.6) is 0 Å². The Bertz CT molecular complexity index is 1420. The molecule has 3 aliphatic rings. The number of carbonyl (C=O) groups is 3. The Balaban J connectivity index is 1.39. The Labute approximate surface area is 226 Å². The normalized spacial score (nSPS) is 26.3. The quantitative estimate of drug-likeness (QED) is 0.561. The number of benzene rings is 2. The molecule has 0 saturated carbocycles. The lowest BCUT2D eigenvalue weighted by Gasteiger charge is -2.47. The number of morpholine rings is 1. The van der Waals surface area contributed by atoms with Gasteiger partial charge in [-0.3, -0.25) is 24.6 Å². The molecule has 2 aromatic carbocycles. The number of imide groups is 1. The average molecular weight is 526 g/mol. The molecule has 2 N–H and O–H groups in total. The van der Waals surface area contributed by atoms with E-state index >= 15 is 4.39 Å². The minimum Gasteiger partial charge on any atom is -0.381 e. The zero-order valence-electron chi connectivity index (χ0n) is 25.1. The third-order valence-electron chi connectivity index (χ3n) is 6.96. The van der Waals surface area contributed by atoms with Gasteiger partial charge in [0.25, 0.3) is 5.91 Å². The summed E-state index contributed by atoms with van der Waals surface area (Å²) < 4.78 is 48.3. The smallest absolute Gasteiger partial charge is 0.255 e. The summed E-state index contributed by atoms with van der Waals surface area (Å²) in [6, 6.07) is 7.38. The fourth-order valence-corrected chi connectivity index (χ4v) is 5.76. The maximum atomic E-state index is 15.9. The second-order valence-corrected chi connectivity index (χ2v) is 11.3. The Morgan fingerprint density at radius 2 is 1.79 bits per heavy atom. The number of ether oxygens (including phenoxy) is 1. The van der Waals surface area contributed by atoms with Crippen molar-refractivity contribution in [2.45, 2.75) is 77.3 Å². The first-order chi connectivity index (χ1) is 19.0. The number of hydrogen-bond acceptors (Lipinski definition) is 6. The maximum absolute atomic E-state index is 15.9. The van der Waals surface area contributed by atoms with Crippen molar-refractivity contribution in [3.05, 3.63) is 64.5 Å². The van der Waals surface area contributed by atoms with Crippen LogP contribution in [-0.4, -0.2) is 57.8 Å². The topological polar surface area (TPSA) is 91.0 Å². The van der Waals surface area contributed by atoms with Crippen LogP contribution in [-0.2, 0) is 33.9 Å². The molecule has 3 amide bonds. The number of halogens is 1. The number of rotatable bonds is 6. The number of hydrogen-bond donors (Lipinski definition) is 2. The van der Waals surface area contributed by atoms with Crippen molar-refractivity contribution in [2.24, 2.45) is 0 Å². The molecule has 0 spiro atoms. The minimum atomic E-state index is -2.36. The zero-order valence-corrected chi connectivity index (χ0v) is 22.1. The van der Waals surface area contributed by atoms with E-state index in [1.54, 1.807) is 30.3 Å². The first-order valence-corrected chi connectivity index (χ1v) is 12.8. The highest BCUT2D eigenvalue weighted by molar-refractivity contribution is 6.06. The van der Waals surface area contributed by atoms with Gasteiger partial charge in [0.05, 0.1) is 15.3 Å². The number of amides is 3. The van der Waals surface area contributed by atoms with E-state index in [-0.39, 0.29) is 42.7 Å². The van der Waals surface area contributed by atoms with E-state index in [2.05, 4.69) is 15.5 Å². The lowest BCUT2D eigenvalue weighted by Crippen LogP contribution is -2.56. The molecule has 3 aliphatic heterocycles. The summed E-state index contributed by atoms with van der Waals surface area (Å²) in [5.74, 6) is -2.59. The molecule has 0 bridgehead atoms. The lowest BCUT2D eigenvalue weighted by atomic mass is 9.98. The van der Waals surface area contributed by atoms with Crippen LogP contribution in [0.25, 0.3) is 0 Å². The molecule has 5 rings (SSSR count). The monoisotopic (exact) mass is 525 g/mol. The van der Waals surface area contributed by atoms with Crippen molar-refractivity contribution < 1.29 is 27.6 Å². The molecule has 0 aromatic heterocycles. The summed E-state index contributed by atoms with van der Waals surface area (Å²) in [6.07, 6.45) is -0.214. The molecular formula is C29H35FN4O4. The molecule has 2 fully saturated rings. The highest BCUT2D eigenvalue weighted by Crippen LogP contribution is 2.33. The van der Waals surface area contributed by atoms with E-state index in [4.69, 9.17) is 8.85 Å². The van der Waals surface area contributed by atoms with Gasteiger partial charge in [0.15, 0.2) is 0 Å². The van der Waals surface area contributed by atoms with Gasteiger partial charge in [-0.2, -0.15) is 0 Å². The third kappa shape index (κ3) is 5.31. The van der Waals surface area contributed by atoms with Gasteiger partial charge in [0.1, 0.15) is 11.8 Å². The summed E-state index contributed by atoms with van der Waals surface area (Å²) >= 11 is 0. The van der Waals surface area contributed by atoms with E-state index in [1.807, 2.05) is 27.7 Å². The van der Waals surface area contributed by atoms with Crippen LogP contribution < -0.4 is 10.6 Å². The van der Waals surface area contributed by atoms with Gasteiger partial charge in [-0.1, -0.05) is 24.3 Å². The second kappa shape index (κ2) is 9.78. The van der Waals surface area contributed by atoms with Crippen LogP contribution in [0.2, 0.25) is 0 Å². The summed E-state index contributed by atoms with van der Waals surface area (Å²) in [4.78, 5) is 40.6. The predicted molar refractivity (Wildman–Crippen MR) is 141 cm³/mol. The van der Waals surface area contributed by atoms with Crippen molar-refractivity contribution in [1.82, 2.24) is 15.1 Å². The van der Waals surface area contributed by atoms with E-state index in [9.17, 15) is 14.4 Å². The molecule has 3 heterocycles. The number of nitrogens with one attached hydrogen (secondary N) is 2. The van der Waals surface area contributed by atoms with E-state index in [1.165, 1.54) is 6.07 Å². The molecule has 38 heavy (non-hydrogen) atoms. The van der Waals surface area contributed by atoms with Gasteiger partial charge in [0.2, 0.25) is 11.8 Å². The van der Waals surface area contributed by atoms with Crippen LogP contribution in [0, 0.1) is 5.82 Å². The first kappa shape index (κ1) is 22.7. The predicted octanol–water partition coefficient (Wildman–Crippen LogP) is 3.59. The standard InChI is InChI=1S/C29H35FN4O4/c1-28(2)16-33(17-29(3,4)38-28)14-19-8-5-7-18(25(19)30)13-31-22-10-6-9-20-21(22)15-34(27(20)37)23-11-12-24(35)32-26(23)36/h5-10,23,31H,11-17H2,1-4H3,(H,32,35,36)/i13D2,23D. The van der Waals surface area contributed by atoms with Crippen molar-refractivity contribution in [3.8, 4) is 0 Å². The Hall–Kier alpha value is -3.30. The lowest BCUT2D eigenvalue weighted by molar-refractivity contribution is -0.182. The Morgan fingerprint density at radius 3 is 2.50 bits per heavy atom. The maximum Gasteiger partial charge on any atom is 0.255 e. The number of fused-ring (bicyclic) bond motifs is 1. The number of nitrogens with zero attached hydrogens (tertiary/aromatic N) is 2. The van der Waals surface area contributed by atoms with E-state index in [0.717, 1.165) is 4.90 Å². The van der Waals surface area contributed by atoms with Gasteiger partial charge in [-0.25, -0.2) is 4.39 Å². The van der Waals surface area contributed by atoms with Crippen LogP contribution in [0.4, 0.5) is 10.1 Å². The van der Waals surface area contributed by atoms with E-state index in [0.29, 0.717) is 24.2 Å². The van der Waals surface area contributed by atoms with E-state index < -0.39 is 47.3 Å². The van der Waals surface area contributed by atoms with Gasteiger partial charge >= 0.3 is 0 Å². The molecule has 1 unspecified atom stereocenters. The highest BCUT2D eigenvalue weighted by atomic mass is 19.1. The summed E-state index contributed by atoms with van der Waals surface area (Å²) in [5, 5.41) is 4.90. The van der Waals surface area contributed by atoms with Crippen LogP contribution in [0.3, 0.4) is 0 Å². The van der Waals surface area contributed by atoms with Crippen molar-refractivity contribution in [2.75, 3.05) is 18.4 Å². The molecule has 1 atom stereocenters. The summed E-state index contributed by atoms with van der Waals surface area (Å²) in [7, 11) is 0. The van der Waals surface area contributed by atoms with Crippen LogP contribution >= 0.6 is 0 Å². The van der Waals surface area contributed by atoms with Gasteiger partial charge in [-0.15, -0.1) is 0 Å². The number of piperidine rings is 1. The van der Waals surface area contributed by atoms with Gasteiger partial charge in [-0.05, 0) is 46.2 Å². The SMILES string of the molecule is [2H]C([2H])(Nc1cccc2c1CN(C1([2H])CCC(=O)NC1=O)C2=O)c1cccc(CN2CC(C)(C)OC(C)(C)C2)c1F. The zero-order chi connectivity index (χ0) is 30.0. The fourth-order valence-electron chi connectivity index (χ4n) is 5.76. The van der Waals surface area contributed by atoms with Crippen molar-refractivity contribution in [3.63, 3.8) is 0 Å². The summed E-state index contributed by atoms with van der Waals surface area (Å²) in [5.41, 5.74) is 0.201. The summed E-state index contributed by atoms with van der Waals surface area (Å²) in [6.45, 7) is 6.93. The molecule has 9 heteroatoms. The van der Waals surface area contributed by atoms with Crippen LogP contribution in [0.1, 0.15) is 71.7 Å². The highest BCUT2D eigenvalue weighted by Gasteiger charge is 2.40. The molecule has 202 valence electrons. The first-order valence-electron chi connectivity index (χ1n) is 14.3. The molecule has 0 aliphatic carbocycles. The molecular weight excluding hydrogens is 487 g/mol. The minimum absolute atomic E-state index is 0.0713. The number of carbonyl (C=O) groups excluding carboxylic acids is 3. The Morgan fingerprint density at radius 1 is 1.11 bits per heavy atom. The largest absolute Gasteiger partial charge is 0.381 e. The van der Waals surface area contributed by atoms with Gasteiger partial charge in [0, 0.05) is 67.0 Å². The second-order valence-electron chi connectivity index (χ2n) is 11.3. The molecule has 2 aromatic rings. The van der Waals surface area contributed by atoms with Crippen molar-refractivity contribution in [1.29, 1.82) is 0 Å². The molecule has 8 nitrogen and oxygen atoms in total. The van der Waals surface area contributed by atoms with Gasteiger partial charge < -0.3 is 15.0 Å². The van der Waals surface area contributed by atoms with Crippen molar-refractivity contribution >= 4 is 23.4 Å². The molecule has 2 saturated heterocycles. The molecule has 0 radical (unpaired) electrons. The Kier molecular flexibility index (Phi) is 5.83. The fraction of sp³-hybridized carbons (Fsp3) is 0.483. The third-order valence-corrected chi connectivity index (χ3v) is 6.96. The average Bonchev–Trinajstić information content (AvgIpc) is 3.19.